The molecule has 2 aliphatic heterocycles. The number of esters is 2. The molecule has 2 unspecified atom stereocenters. The zero-order chi connectivity index (χ0) is 22.4. The predicted molar refractivity (Wildman–Crippen MR) is 106 cm³/mol. The van der Waals surface area contributed by atoms with Crippen LogP contribution < -0.4 is 0 Å². The first-order valence-corrected chi connectivity index (χ1v) is 10.1. The molecule has 0 aliphatic carbocycles. The van der Waals surface area contributed by atoms with Gasteiger partial charge in [-0.1, -0.05) is 30.3 Å². The molecular formula is C22H28O9. The number of aliphatic hydroxyl groups is 1. The van der Waals surface area contributed by atoms with E-state index in [1.54, 1.807) is 0 Å². The van der Waals surface area contributed by atoms with Crippen molar-refractivity contribution in [2.75, 3.05) is 7.11 Å². The number of hydrogen-bond donors (Lipinski definition) is 1. The highest BCUT2D eigenvalue weighted by molar-refractivity contribution is 5.67. The number of hydrogen-bond acceptors (Lipinski definition) is 9. The molecule has 0 aromatic heterocycles. The summed E-state index contributed by atoms with van der Waals surface area (Å²) in [5, 5.41) is 10.1. The first kappa shape index (κ1) is 23.2. The summed E-state index contributed by atoms with van der Waals surface area (Å²) in [6, 6.07) is 9.44. The summed E-state index contributed by atoms with van der Waals surface area (Å²) in [7, 11) is 1.39. The number of rotatable bonds is 7. The van der Waals surface area contributed by atoms with E-state index in [0.717, 1.165) is 5.56 Å². The van der Waals surface area contributed by atoms with Crippen LogP contribution in [0.5, 0.6) is 0 Å². The number of benzene rings is 1. The minimum absolute atomic E-state index is 0.193. The Morgan fingerprint density at radius 2 is 1.74 bits per heavy atom. The molecule has 1 aromatic rings. The maximum absolute atomic E-state index is 11.9. The average Bonchev–Trinajstić information content (AvgIpc) is 2.73. The van der Waals surface area contributed by atoms with E-state index in [9.17, 15) is 14.7 Å². The molecule has 3 rings (SSSR count). The Morgan fingerprint density at radius 3 is 2.35 bits per heavy atom. The van der Waals surface area contributed by atoms with Gasteiger partial charge in [-0.2, -0.15) is 0 Å². The van der Waals surface area contributed by atoms with E-state index in [1.165, 1.54) is 33.3 Å². The molecule has 31 heavy (non-hydrogen) atoms. The Kier molecular flexibility index (Phi) is 8.03. The van der Waals surface area contributed by atoms with Crippen LogP contribution in [0, 0.1) is 0 Å². The second-order valence-corrected chi connectivity index (χ2v) is 7.42. The fraction of sp³-hybridized carbons (Fsp3) is 0.545. The Balaban J connectivity index is 1.92. The third kappa shape index (κ3) is 6.04. The molecule has 0 bridgehead atoms. The number of ether oxygens (including phenoxy) is 6. The first-order valence-electron chi connectivity index (χ1n) is 10.1. The standard InChI is InChI=1S/C22H28O9/c1-13(23)29-20-19(28-12-15-7-5-4-6-8-15)18(17-11-16(25)9-10-27-17)31-22(26-3)21(20)30-14(2)24/h4-10,16-22,25H,11-12H2,1-3H3/t16?,17?,18-,19-,20+,21+,22+/m1/s1. The fourth-order valence-electron chi connectivity index (χ4n) is 3.74. The van der Waals surface area contributed by atoms with Crippen molar-refractivity contribution in [2.24, 2.45) is 0 Å². The lowest BCUT2D eigenvalue weighted by Crippen LogP contribution is -2.64. The second kappa shape index (κ2) is 10.7. The van der Waals surface area contributed by atoms with Crippen LogP contribution >= 0.6 is 0 Å². The van der Waals surface area contributed by atoms with E-state index < -0.39 is 54.9 Å². The van der Waals surface area contributed by atoms with Crippen LogP contribution in [0.4, 0.5) is 0 Å². The lowest BCUT2D eigenvalue weighted by atomic mass is 9.91. The summed E-state index contributed by atoms with van der Waals surface area (Å²) >= 11 is 0. The molecule has 170 valence electrons. The van der Waals surface area contributed by atoms with Gasteiger partial charge in [-0.3, -0.25) is 9.59 Å². The zero-order valence-corrected chi connectivity index (χ0v) is 17.7. The summed E-state index contributed by atoms with van der Waals surface area (Å²) in [5.74, 6) is -1.16. The Hall–Kier alpha value is -2.46. The van der Waals surface area contributed by atoms with Gasteiger partial charge in [0.05, 0.1) is 19.0 Å². The summed E-state index contributed by atoms with van der Waals surface area (Å²) in [5.41, 5.74) is 0.894. The normalized spacial score (nSPS) is 32.7. The van der Waals surface area contributed by atoms with E-state index in [1.807, 2.05) is 30.3 Å². The quantitative estimate of drug-likeness (QED) is 0.635. The highest BCUT2D eigenvalue weighted by Gasteiger charge is 2.54. The van der Waals surface area contributed by atoms with Crippen molar-refractivity contribution < 1.29 is 43.1 Å². The van der Waals surface area contributed by atoms with E-state index in [0.29, 0.717) is 0 Å². The Bertz CT molecular complexity index is 766. The molecule has 7 atom stereocenters. The Morgan fingerprint density at radius 1 is 1.06 bits per heavy atom. The maximum atomic E-state index is 11.9. The van der Waals surface area contributed by atoms with Crippen molar-refractivity contribution in [3.63, 3.8) is 0 Å². The van der Waals surface area contributed by atoms with Crippen LogP contribution in [0.25, 0.3) is 0 Å². The molecule has 1 fully saturated rings. The molecule has 9 nitrogen and oxygen atoms in total. The largest absolute Gasteiger partial charge is 0.495 e. The van der Waals surface area contributed by atoms with Gasteiger partial charge in [0.2, 0.25) is 0 Å². The molecule has 1 N–H and O–H groups in total. The maximum Gasteiger partial charge on any atom is 0.303 e. The van der Waals surface area contributed by atoms with Crippen molar-refractivity contribution >= 4 is 11.9 Å². The lowest BCUT2D eigenvalue weighted by molar-refractivity contribution is -0.317. The summed E-state index contributed by atoms with van der Waals surface area (Å²) in [4.78, 5) is 23.6. The van der Waals surface area contributed by atoms with Gasteiger partial charge < -0.3 is 33.5 Å². The topological polar surface area (TPSA) is 110 Å². The zero-order valence-electron chi connectivity index (χ0n) is 17.7. The molecular weight excluding hydrogens is 408 g/mol. The minimum Gasteiger partial charge on any atom is -0.495 e. The molecule has 2 heterocycles. The van der Waals surface area contributed by atoms with E-state index in [-0.39, 0.29) is 13.0 Å². The van der Waals surface area contributed by atoms with Crippen molar-refractivity contribution in [3.05, 3.63) is 48.2 Å². The van der Waals surface area contributed by atoms with E-state index in [2.05, 4.69) is 0 Å². The molecule has 0 amide bonds. The van der Waals surface area contributed by atoms with Crippen LogP contribution in [-0.4, -0.2) is 67.1 Å². The van der Waals surface area contributed by atoms with Gasteiger partial charge in [0.1, 0.15) is 18.3 Å². The first-order chi connectivity index (χ1) is 14.9. The smallest absolute Gasteiger partial charge is 0.303 e. The second-order valence-electron chi connectivity index (χ2n) is 7.42. The van der Waals surface area contributed by atoms with Gasteiger partial charge >= 0.3 is 11.9 Å². The SMILES string of the molecule is CO[C@H]1O[C@H](C2CC(O)C=CO2)[C@@H](OCc2ccccc2)[C@H](OC(C)=O)[C@@H]1OC(C)=O. The van der Waals surface area contributed by atoms with Gasteiger partial charge in [0.25, 0.3) is 0 Å². The van der Waals surface area contributed by atoms with Gasteiger partial charge in [0.15, 0.2) is 18.5 Å². The highest BCUT2D eigenvalue weighted by Crippen LogP contribution is 2.34. The number of carbonyl (C=O) groups excluding carboxylic acids is 2. The van der Waals surface area contributed by atoms with Gasteiger partial charge in [-0.15, -0.1) is 0 Å². The number of carbonyl (C=O) groups is 2. The van der Waals surface area contributed by atoms with E-state index in [4.69, 9.17) is 28.4 Å². The van der Waals surface area contributed by atoms with Crippen molar-refractivity contribution in [1.82, 2.24) is 0 Å². The summed E-state index contributed by atoms with van der Waals surface area (Å²) in [6.07, 6.45) is -2.88. The predicted octanol–water partition coefficient (Wildman–Crippen LogP) is 1.47. The molecule has 1 saturated heterocycles. The van der Waals surface area contributed by atoms with Crippen molar-refractivity contribution in [1.29, 1.82) is 0 Å². The average molecular weight is 436 g/mol. The van der Waals surface area contributed by atoms with Crippen molar-refractivity contribution in [3.8, 4) is 0 Å². The monoisotopic (exact) mass is 436 g/mol. The molecule has 0 radical (unpaired) electrons. The summed E-state index contributed by atoms with van der Waals surface area (Å²) in [6.45, 7) is 2.70. The van der Waals surface area contributed by atoms with Crippen LogP contribution in [-0.2, 0) is 44.6 Å². The third-order valence-corrected chi connectivity index (χ3v) is 5.05. The fourth-order valence-corrected chi connectivity index (χ4v) is 3.74. The molecule has 9 heteroatoms. The third-order valence-electron chi connectivity index (χ3n) is 5.05. The van der Waals surface area contributed by atoms with E-state index >= 15 is 0 Å². The van der Waals surface area contributed by atoms with Gasteiger partial charge in [0, 0.05) is 27.4 Å². The number of methoxy groups -OCH3 is 1. The molecule has 1 aromatic carbocycles. The highest BCUT2D eigenvalue weighted by atomic mass is 16.7. The van der Waals surface area contributed by atoms with Gasteiger partial charge in [-0.25, -0.2) is 0 Å². The van der Waals surface area contributed by atoms with Crippen LogP contribution in [0.3, 0.4) is 0 Å². The lowest BCUT2D eigenvalue weighted by Gasteiger charge is -2.46. The van der Waals surface area contributed by atoms with Crippen LogP contribution in [0.2, 0.25) is 0 Å². The number of aliphatic hydroxyl groups excluding tert-OH is 1. The van der Waals surface area contributed by atoms with Crippen LogP contribution in [0.1, 0.15) is 25.8 Å². The van der Waals surface area contributed by atoms with Crippen LogP contribution in [0.15, 0.2) is 42.7 Å². The molecule has 0 spiro atoms. The minimum atomic E-state index is -1.05. The molecule has 0 saturated carbocycles. The van der Waals surface area contributed by atoms with Gasteiger partial charge in [-0.05, 0) is 11.6 Å². The Labute approximate surface area is 180 Å². The van der Waals surface area contributed by atoms with Crippen molar-refractivity contribution in [2.45, 2.75) is 69.8 Å². The summed E-state index contributed by atoms with van der Waals surface area (Å²) < 4.78 is 34.2. The molecule has 2 aliphatic rings.